The minimum Gasteiger partial charge on any atom is -0.385 e. The molecule has 0 bridgehead atoms. The van der Waals surface area contributed by atoms with E-state index in [9.17, 15) is 115 Å². The van der Waals surface area contributed by atoms with Gasteiger partial charge in [-0.15, -0.1) is 0 Å². The molecule has 20 atom stereocenters. The molecule has 0 aliphatic carbocycles. The second kappa shape index (κ2) is 34.1. The normalized spacial score (nSPS) is 34.2. The molecule has 8 rings (SSSR count). The molecule has 4 saturated heterocycles. The number of halogens is 4. The van der Waals surface area contributed by atoms with Crippen LogP contribution in [0.25, 0.3) is 0 Å². The molecule has 0 spiro atoms. The van der Waals surface area contributed by atoms with Crippen molar-refractivity contribution in [1.82, 2.24) is 38.2 Å². The topological polar surface area (TPSA) is 803 Å². The van der Waals surface area contributed by atoms with Crippen LogP contribution in [-0.2, 0) is 90.8 Å². The fourth-order valence-corrected chi connectivity index (χ4v) is 14.7. The van der Waals surface area contributed by atoms with Crippen LogP contribution in [-0.4, -0.2) is 236 Å². The van der Waals surface area contributed by atoms with Crippen molar-refractivity contribution in [3.05, 3.63) is 110 Å². The van der Waals surface area contributed by atoms with Gasteiger partial charge >= 0.3 is 62.6 Å². The largest absolute Gasteiger partial charge is 0.481 e. The number of rotatable bonds is 24. The van der Waals surface area contributed by atoms with E-state index >= 15 is 8.78 Å². The Kier molecular flexibility index (Phi) is 26.8. The Balaban J connectivity index is 0.000000263. The van der Waals surface area contributed by atoms with E-state index in [1.165, 1.54) is 0 Å². The summed E-state index contributed by atoms with van der Waals surface area (Å²) in [5.74, 6) is -15.1. The van der Waals surface area contributed by atoms with Crippen molar-refractivity contribution in [2.75, 3.05) is 26.3 Å². The summed E-state index contributed by atoms with van der Waals surface area (Å²) in [5, 5.41) is 79.5. The Morgan fingerprint density at radius 1 is 0.394 bits per heavy atom. The third kappa shape index (κ3) is 25.4. The number of hydrogen-bond acceptors (Lipinski definition) is 36. The standard InChI is InChI=1S/4C9H13FN2O11P2S/c4*10-9(3-21-25(19,20)23-24(16,17)18)6(15)5(14)7(22-9)12-2-1-4(13)11-8(12)26/h4*1-2,5-7,14-15H,3H2,(H,19,20)(H,11,13,26)(H2,16,17,18)/t4*5-,6+,7-,9-/m1111/s1/i3D2,7D;7D;3D2;. The average molecular weight is 1760 g/mol. The van der Waals surface area contributed by atoms with Crippen LogP contribution in [0.4, 0.5) is 17.6 Å². The van der Waals surface area contributed by atoms with Gasteiger partial charge in [0.25, 0.3) is 45.7 Å². The lowest BCUT2D eigenvalue weighted by Gasteiger charge is -2.24. The predicted molar refractivity (Wildman–Crippen MR) is 323 cm³/mol. The van der Waals surface area contributed by atoms with Gasteiger partial charge in [-0.3, -0.25) is 75.5 Å². The highest BCUT2D eigenvalue weighted by Crippen LogP contribution is 2.62. The van der Waals surface area contributed by atoms with E-state index < -0.39 is 223 Å². The zero-order valence-corrected chi connectivity index (χ0v) is 59.5. The molecule has 4 aliphatic heterocycles. The van der Waals surface area contributed by atoms with Gasteiger partial charge in [0.2, 0.25) is 0 Å². The van der Waals surface area contributed by atoms with E-state index in [-0.39, 0.29) is 4.77 Å². The van der Waals surface area contributed by atoms with Crippen molar-refractivity contribution in [3.8, 4) is 0 Å². The van der Waals surface area contributed by atoms with Crippen LogP contribution in [0.2, 0.25) is 0 Å². The summed E-state index contributed by atoms with van der Waals surface area (Å²) >= 11 is 19.1. The van der Waals surface area contributed by atoms with E-state index in [2.05, 4.69) is 64.5 Å². The Morgan fingerprint density at radius 3 is 0.904 bits per heavy atom. The number of nitrogens with zero attached hydrogens (tertiary/aromatic N) is 4. The van der Waals surface area contributed by atoms with Crippen molar-refractivity contribution >= 4 is 111 Å². The first-order chi connectivity index (χ1) is 49.2. The maximum atomic E-state index is 15.2. The molecule has 104 heavy (non-hydrogen) atoms. The van der Waals surface area contributed by atoms with Gasteiger partial charge < -0.3 is 119 Å². The summed E-state index contributed by atoms with van der Waals surface area (Å²) in [7, 11) is -45.1. The maximum absolute atomic E-state index is 15.2. The Morgan fingerprint density at radius 2 is 0.615 bits per heavy atom. The minimum atomic E-state index is -5.99. The number of H-pyrrole nitrogens is 4. The molecule has 4 aromatic heterocycles. The van der Waals surface area contributed by atoms with E-state index in [4.69, 9.17) is 111 Å². The molecule has 8 heterocycles. The lowest BCUT2D eigenvalue weighted by atomic mass is 10.1. The van der Waals surface area contributed by atoms with Crippen LogP contribution in [0.15, 0.2) is 68.2 Å². The molecule has 52 nitrogen and oxygen atoms in total. The number of nitrogens with one attached hydrogen (secondary N) is 4. The molecule has 0 amide bonds. The zero-order valence-electron chi connectivity index (χ0n) is 55.1. The number of phosphoric acid groups is 8. The molecular formula is C36H52F4N8O44P8S4. The quantitative estimate of drug-likeness (QED) is 0.0182. The van der Waals surface area contributed by atoms with Crippen LogP contribution >= 0.6 is 111 Å². The second-order valence-electron chi connectivity index (χ2n) is 19.5. The molecule has 4 aliphatic rings. The van der Waals surface area contributed by atoms with Crippen LogP contribution in [0.1, 0.15) is 33.1 Å². The maximum Gasteiger partial charge on any atom is 0.481 e. The fraction of sp³-hybridized carbons (Fsp3) is 0.556. The smallest absolute Gasteiger partial charge is 0.385 e. The predicted octanol–water partition coefficient (Wildman–Crippen LogP) is -3.81. The number of ether oxygens (including phenoxy) is 4. The first-order valence-corrected chi connectivity index (χ1v) is 39.2. The Labute approximate surface area is 596 Å². The first kappa shape index (κ1) is 81.7. The highest BCUT2D eigenvalue weighted by molar-refractivity contribution is 7.72. The third-order valence-corrected chi connectivity index (χ3v) is 21.3. The number of aliphatic hydroxyl groups is 8. The summed E-state index contributed by atoms with van der Waals surface area (Å²) in [6.07, 6.45) is -25.6. The van der Waals surface area contributed by atoms with Crippen LogP contribution < -0.4 is 22.2 Å². The molecule has 4 fully saturated rings. The summed E-state index contributed by atoms with van der Waals surface area (Å²) < 4.78 is 243. The first-order valence-electron chi connectivity index (χ1n) is 28.5. The van der Waals surface area contributed by atoms with E-state index in [0.717, 1.165) is 58.2 Å². The van der Waals surface area contributed by atoms with Crippen LogP contribution in [0.5, 0.6) is 0 Å². The van der Waals surface area contributed by atoms with Gasteiger partial charge in [0.1, 0.15) is 75.2 Å². The Hall–Kier alpha value is -3.32. The third-order valence-electron chi connectivity index (χ3n) is 11.8. The fourth-order valence-electron chi connectivity index (χ4n) is 7.58. The number of aromatic amines is 4. The van der Waals surface area contributed by atoms with Crippen molar-refractivity contribution < 1.29 is 216 Å². The molecule has 68 heteroatoms. The van der Waals surface area contributed by atoms with E-state index in [1.807, 2.05) is 4.98 Å². The molecular weight excluding hydrogens is 1700 g/mol. The number of alkyl halides is 4. The number of aliphatic hydroxyl groups excluding tert-OH is 8. The number of hydrogen-bond donors (Lipinski definition) is 24. The molecule has 592 valence electrons. The van der Waals surface area contributed by atoms with Crippen molar-refractivity contribution in [2.45, 2.75) is 97.1 Å². The highest BCUT2D eigenvalue weighted by atomic mass is 32.1. The molecule has 4 aromatic rings. The summed E-state index contributed by atoms with van der Waals surface area (Å²) in [6, 6.07) is 3.49. The molecule has 0 saturated carbocycles. The lowest BCUT2D eigenvalue weighted by molar-refractivity contribution is -0.204. The van der Waals surface area contributed by atoms with Crippen molar-refractivity contribution in [3.63, 3.8) is 0 Å². The second-order valence-corrected chi connectivity index (χ2v) is 32.2. The number of phosphoric ester groups is 4. The summed E-state index contributed by atoms with van der Waals surface area (Å²) in [4.78, 5) is 158. The molecule has 0 radical (unpaired) electrons. The van der Waals surface area contributed by atoms with Crippen molar-refractivity contribution in [1.29, 1.82) is 0 Å². The monoisotopic (exact) mass is 1760 g/mol. The molecule has 24 N–H and O–H groups in total. The molecule has 0 aromatic carbocycles. The van der Waals surface area contributed by atoms with Crippen LogP contribution in [0, 0.1) is 19.1 Å². The van der Waals surface area contributed by atoms with Gasteiger partial charge in [0, 0.05) is 49.1 Å². The minimum absolute atomic E-state index is 0.281. The summed E-state index contributed by atoms with van der Waals surface area (Å²) in [6.45, 7) is -11.5. The van der Waals surface area contributed by atoms with E-state index in [1.54, 1.807) is 0 Å². The van der Waals surface area contributed by atoms with Gasteiger partial charge in [-0.1, -0.05) is 0 Å². The van der Waals surface area contributed by atoms with E-state index in [0.29, 0.717) is 9.13 Å². The summed E-state index contributed by atoms with van der Waals surface area (Å²) in [5.41, 5.74) is -2.71. The number of aromatic nitrogens is 8. The van der Waals surface area contributed by atoms with Gasteiger partial charge in [0.05, 0.1) is 8.22 Å². The zero-order chi connectivity index (χ0) is 85.1. The van der Waals surface area contributed by atoms with Gasteiger partial charge in [-0.05, 0) is 48.9 Å². The SMILES string of the molecule is O=c1ccn([C@@H]2O[C@](F)(COP(=O)(O)OP(=O)(O)O)[C@@H](O)[C@H]2O)c(=S)[nH]1.[2H]C([2H])(OP(=O)(O)OP(=O)(O)O)[C@@]1(F)O[C@@H](n2ccc(=O)[nH]c2=S)[C@H](O)[C@@H]1O.[2H]C([2H])(OP(=O)(O)OP(=O)(O)O)[C@@]1(F)O[C@@]([2H])(n2ccc(=O)[nH]c2=S)[C@H](O)[C@@H]1O.[2H][C@@]1(n2ccc(=O)[nH]c2=S)O[C@](F)(COP(=O)(O)OP(=O)(O)O)[C@@H](O)[C@H]1O. The van der Waals surface area contributed by atoms with Gasteiger partial charge in [-0.2, -0.15) is 17.2 Å². The highest BCUT2D eigenvalue weighted by Gasteiger charge is 2.61. The Bertz CT molecular complexity index is 5020. The lowest BCUT2D eigenvalue weighted by Crippen LogP contribution is -2.42. The average Bonchev–Trinajstić information content (AvgIpc) is 1.58. The van der Waals surface area contributed by atoms with Crippen molar-refractivity contribution in [2.24, 2.45) is 0 Å². The van der Waals surface area contributed by atoms with Gasteiger partial charge in [0.15, 0.2) is 43.9 Å². The van der Waals surface area contributed by atoms with Gasteiger partial charge in [-0.25, -0.2) is 54.1 Å². The van der Waals surface area contributed by atoms with Crippen LogP contribution in [0.3, 0.4) is 0 Å². The molecule has 4 unspecified atom stereocenters.